The third-order valence-corrected chi connectivity index (χ3v) is 3.14. The van der Waals surface area contributed by atoms with E-state index in [0.29, 0.717) is 23.2 Å². The zero-order chi connectivity index (χ0) is 14.1. The second-order valence-electron chi connectivity index (χ2n) is 4.51. The van der Waals surface area contributed by atoms with E-state index in [9.17, 15) is 4.79 Å². The standard InChI is InChI=1S/C14H21ClN2O2/c1-2-3-11(8-9-18)10-16-14(19)17-13-6-4-12(15)5-7-13/h4-7,11,18H,2-3,8-10H2,1H3,(H2,16,17,19). The monoisotopic (exact) mass is 284 g/mol. The number of halogens is 1. The van der Waals surface area contributed by atoms with Gasteiger partial charge in [0.15, 0.2) is 0 Å². The lowest BCUT2D eigenvalue weighted by Crippen LogP contribution is -2.33. The summed E-state index contributed by atoms with van der Waals surface area (Å²) in [6, 6.07) is 6.71. The van der Waals surface area contributed by atoms with Crippen LogP contribution in [-0.2, 0) is 0 Å². The van der Waals surface area contributed by atoms with E-state index in [2.05, 4.69) is 17.6 Å². The molecule has 0 saturated heterocycles. The Hall–Kier alpha value is -1.26. The van der Waals surface area contributed by atoms with Crippen molar-refractivity contribution in [3.63, 3.8) is 0 Å². The summed E-state index contributed by atoms with van der Waals surface area (Å²) in [6.07, 6.45) is 2.77. The summed E-state index contributed by atoms with van der Waals surface area (Å²) in [5.74, 6) is 0.325. The number of rotatable bonds is 7. The largest absolute Gasteiger partial charge is 0.396 e. The topological polar surface area (TPSA) is 61.4 Å². The number of anilines is 1. The molecule has 0 saturated carbocycles. The van der Waals surface area contributed by atoms with Crippen LogP contribution in [0.3, 0.4) is 0 Å². The van der Waals surface area contributed by atoms with Gasteiger partial charge in [0, 0.05) is 23.9 Å². The summed E-state index contributed by atoms with van der Waals surface area (Å²) in [5.41, 5.74) is 0.705. The van der Waals surface area contributed by atoms with E-state index in [4.69, 9.17) is 16.7 Å². The lowest BCUT2D eigenvalue weighted by molar-refractivity contribution is 0.237. The maximum absolute atomic E-state index is 11.7. The Bertz CT molecular complexity index is 376. The maximum Gasteiger partial charge on any atom is 0.319 e. The normalized spacial score (nSPS) is 11.9. The van der Waals surface area contributed by atoms with Crippen LogP contribution in [0.5, 0.6) is 0 Å². The number of aliphatic hydroxyl groups is 1. The fraction of sp³-hybridized carbons (Fsp3) is 0.500. The van der Waals surface area contributed by atoms with Crippen LogP contribution in [0.1, 0.15) is 26.2 Å². The highest BCUT2D eigenvalue weighted by molar-refractivity contribution is 6.30. The first kappa shape index (κ1) is 15.8. The van der Waals surface area contributed by atoms with Gasteiger partial charge < -0.3 is 15.7 Å². The lowest BCUT2D eigenvalue weighted by Gasteiger charge is -2.16. The molecule has 1 aromatic rings. The van der Waals surface area contributed by atoms with Gasteiger partial charge in [-0.05, 0) is 43.0 Å². The summed E-state index contributed by atoms with van der Waals surface area (Å²) in [5, 5.41) is 15.1. The van der Waals surface area contributed by atoms with Crippen LogP contribution < -0.4 is 10.6 Å². The highest BCUT2D eigenvalue weighted by Crippen LogP contribution is 2.13. The van der Waals surface area contributed by atoms with Gasteiger partial charge in [0.05, 0.1) is 0 Å². The van der Waals surface area contributed by atoms with E-state index in [1.807, 2.05) is 0 Å². The van der Waals surface area contributed by atoms with Crippen molar-refractivity contribution in [2.24, 2.45) is 5.92 Å². The number of nitrogens with one attached hydrogen (secondary N) is 2. The van der Waals surface area contributed by atoms with Crippen molar-refractivity contribution in [2.45, 2.75) is 26.2 Å². The van der Waals surface area contributed by atoms with Gasteiger partial charge in [-0.15, -0.1) is 0 Å². The van der Waals surface area contributed by atoms with Crippen molar-refractivity contribution in [3.8, 4) is 0 Å². The molecule has 1 unspecified atom stereocenters. The molecule has 106 valence electrons. The average Bonchev–Trinajstić information content (AvgIpc) is 2.39. The molecule has 0 aliphatic carbocycles. The third kappa shape index (κ3) is 6.45. The highest BCUT2D eigenvalue weighted by Gasteiger charge is 2.09. The van der Waals surface area contributed by atoms with Crippen molar-refractivity contribution < 1.29 is 9.90 Å². The van der Waals surface area contributed by atoms with Gasteiger partial charge in [-0.3, -0.25) is 0 Å². The second kappa shape index (κ2) is 8.77. The van der Waals surface area contributed by atoms with E-state index in [-0.39, 0.29) is 12.6 Å². The van der Waals surface area contributed by atoms with Crippen LogP contribution in [0.2, 0.25) is 5.02 Å². The van der Waals surface area contributed by atoms with Crippen molar-refractivity contribution in [1.29, 1.82) is 0 Å². The van der Waals surface area contributed by atoms with Crippen LogP contribution in [0, 0.1) is 5.92 Å². The highest BCUT2D eigenvalue weighted by atomic mass is 35.5. The minimum Gasteiger partial charge on any atom is -0.396 e. The lowest BCUT2D eigenvalue weighted by atomic mass is 10.0. The van der Waals surface area contributed by atoms with Crippen molar-refractivity contribution in [1.82, 2.24) is 5.32 Å². The van der Waals surface area contributed by atoms with Gasteiger partial charge >= 0.3 is 6.03 Å². The molecule has 3 N–H and O–H groups in total. The van der Waals surface area contributed by atoms with Gasteiger partial charge in [0.25, 0.3) is 0 Å². The summed E-state index contributed by atoms with van der Waals surface area (Å²) in [6.45, 7) is 2.83. The summed E-state index contributed by atoms with van der Waals surface area (Å²) in [4.78, 5) is 11.7. The van der Waals surface area contributed by atoms with Crippen LogP contribution in [0.4, 0.5) is 10.5 Å². The summed E-state index contributed by atoms with van der Waals surface area (Å²) in [7, 11) is 0. The quantitative estimate of drug-likeness (QED) is 0.720. The molecule has 0 aromatic heterocycles. The van der Waals surface area contributed by atoms with E-state index < -0.39 is 0 Å². The molecule has 0 bridgehead atoms. The number of urea groups is 1. The zero-order valence-corrected chi connectivity index (χ0v) is 11.9. The van der Waals surface area contributed by atoms with E-state index in [0.717, 1.165) is 19.3 Å². The first-order valence-corrected chi connectivity index (χ1v) is 6.94. The Morgan fingerprint density at radius 2 is 2.00 bits per heavy atom. The Morgan fingerprint density at radius 3 is 2.58 bits per heavy atom. The Kier molecular flexibility index (Phi) is 7.30. The van der Waals surface area contributed by atoms with E-state index in [1.165, 1.54) is 0 Å². The Morgan fingerprint density at radius 1 is 1.32 bits per heavy atom. The van der Waals surface area contributed by atoms with Crippen LogP contribution in [-0.4, -0.2) is 24.3 Å². The molecule has 1 aromatic carbocycles. The van der Waals surface area contributed by atoms with Gasteiger partial charge in [0.2, 0.25) is 0 Å². The number of carbonyl (C=O) groups excluding carboxylic acids is 1. The molecule has 0 aliphatic rings. The maximum atomic E-state index is 11.7. The first-order chi connectivity index (χ1) is 9.15. The summed E-state index contributed by atoms with van der Waals surface area (Å²) >= 11 is 5.77. The molecule has 0 radical (unpaired) electrons. The minimum absolute atomic E-state index is 0.158. The van der Waals surface area contributed by atoms with Gasteiger partial charge in [-0.2, -0.15) is 0 Å². The smallest absolute Gasteiger partial charge is 0.319 e. The predicted octanol–water partition coefficient (Wildman–Crippen LogP) is 3.26. The third-order valence-electron chi connectivity index (χ3n) is 2.89. The van der Waals surface area contributed by atoms with Crippen molar-refractivity contribution >= 4 is 23.3 Å². The molecule has 0 aliphatic heterocycles. The SMILES string of the molecule is CCCC(CCO)CNC(=O)Nc1ccc(Cl)cc1. The first-order valence-electron chi connectivity index (χ1n) is 6.57. The molecule has 4 nitrogen and oxygen atoms in total. The Balaban J connectivity index is 2.35. The van der Waals surface area contributed by atoms with Gasteiger partial charge in [0.1, 0.15) is 0 Å². The zero-order valence-electron chi connectivity index (χ0n) is 11.2. The van der Waals surface area contributed by atoms with Gasteiger partial charge in [-0.1, -0.05) is 24.9 Å². The molecular weight excluding hydrogens is 264 g/mol. The summed E-state index contributed by atoms with van der Waals surface area (Å²) < 4.78 is 0. The predicted molar refractivity (Wildman–Crippen MR) is 78.6 cm³/mol. The van der Waals surface area contributed by atoms with Crippen molar-refractivity contribution in [2.75, 3.05) is 18.5 Å². The molecule has 1 rings (SSSR count). The Labute approximate surface area is 119 Å². The van der Waals surface area contributed by atoms with E-state index in [1.54, 1.807) is 24.3 Å². The second-order valence-corrected chi connectivity index (χ2v) is 4.95. The molecular formula is C14H21ClN2O2. The number of carbonyl (C=O) groups is 1. The van der Waals surface area contributed by atoms with Crippen LogP contribution in [0.25, 0.3) is 0 Å². The van der Waals surface area contributed by atoms with E-state index >= 15 is 0 Å². The number of amides is 2. The molecule has 1 atom stereocenters. The number of hydrogen-bond donors (Lipinski definition) is 3. The molecule has 0 spiro atoms. The van der Waals surface area contributed by atoms with Crippen molar-refractivity contribution in [3.05, 3.63) is 29.3 Å². The molecule has 0 heterocycles. The molecule has 5 heteroatoms. The number of benzene rings is 1. The minimum atomic E-state index is -0.235. The molecule has 2 amide bonds. The molecule has 19 heavy (non-hydrogen) atoms. The average molecular weight is 285 g/mol. The fourth-order valence-electron chi connectivity index (χ4n) is 1.88. The number of hydrogen-bond acceptors (Lipinski definition) is 2. The molecule has 0 fully saturated rings. The number of aliphatic hydroxyl groups excluding tert-OH is 1. The van der Waals surface area contributed by atoms with Crippen LogP contribution >= 0.6 is 11.6 Å². The fourth-order valence-corrected chi connectivity index (χ4v) is 2.01. The van der Waals surface area contributed by atoms with Gasteiger partial charge in [-0.25, -0.2) is 4.79 Å². The van der Waals surface area contributed by atoms with Crippen LogP contribution in [0.15, 0.2) is 24.3 Å².